The van der Waals surface area contributed by atoms with E-state index in [1.165, 1.54) is 12.3 Å². The molecule has 1 saturated carbocycles. The number of halogens is 2. The molecule has 0 unspecified atom stereocenters. The van der Waals surface area contributed by atoms with E-state index in [1.807, 2.05) is 0 Å². The summed E-state index contributed by atoms with van der Waals surface area (Å²) in [5, 5.41) is 16.2. The van der Waals surface area contributed by atoms with Crippen LogP contribution in [0.25, 0.3) is 22.4 Å². The molecule has 8 heteroatoms. The molecule has 116 valence electrons. The fourth-order valence-corrected chi connectivity index (χ4v) is 2.59. The van der Waals surface area contributed by atoms with Gasteiger partial charge in [-0.25, -0.2) is 18.6 Å². The van der Waals surface area contributed by atoms with E-state index in [2.05, 4.69) is 15.2 Å². The lowest BCUT2D eigenvalue weighted by molar-refractivity contribution is 0.0689. The molecular weight excluding hydrogens is 306 g/mol. The van der Waals surface area contributed by atoms with E-state index in [1.54, 1.807) is 4.57 Å². The highest BCUT2D eigenvalue weighted by Gasteiger charge is 2.29. The predicted molar refractivity (Wildman–Crippen MR) is 75.9 cm³/mol. The third-order valence-corrected chi connectivity index (χ3v) is 3.78. The Bertz CT molecular complexity index is 950. The van der Waals surface area contributed by atoms with Crippen LogP contribution >= 0.6 is 0 Å². The van der Waals surface area contributed by atoms with E-state index in [0.29, 0.717) is 22.4 Å². The van der Waals surface area contributed by atoms with Gasteiger partial charge in [-0.3, -0.25) is 0 Å². The van der Waals surface area contributed by atoms with Gasteiger partial charge in [0.15, 0.2) is 17.3 Å². The second-order valence-corrected chi connectivity index (χ2v) is 5.43. The maximum absolute atomic E-state index is 13.6. The first-order valence-electron chi connectivity index (χ1n) is 6.98. The van der Waals surface area contributed by atoms with E-state index in [9.17, 15) is 13.6 Å². The SMILES string of the molecule is O=C(O)c1cc(-c2nc3cc(F)c(F)cc3n2C2CC2)cnn1. The van der Waals surface area contributed by atoms with Gasteiger partial charge in [0.2, 0.25) is 0 Å². The molecule has 0 bridgehead atoms. The number of carboxylic acid groups (broad SMARTS) is 1. The number of carboxylic acids is 1. The van der Waals surface area contributed by atoms with Crippen LogP contribution in [0.3, 0.4) is 0 Å². The lowest BCUT2D eigenvalue weighted by atomic mass is 10.2. The highest BCUT2D eigenvalue weighted by atomic mass is 19.2. The molecule has 2 heterocycles. The number of aromatic carboxylic acids is 1. The highest BCUT2D eigenvalue weighted by molar-refractivity contribution is 5.87. The maximum atomic E-state index is 13.6. The molecule has 1 fully saturated rings. The molecule has 0 radical (unpaired) electrons. The van der Waals surface area contributed by atoms with E-state index in [4.69, 9.17) is 5.11 Å². The molecule has 1 N–H and O–H groups in total. The Balaban J connectivity index is 1.98. The molecule has 0 aliphatic heterocycles. The molecule has 0 spiro atoms. The summed E-state index contributed by atoms with van der Waals surface area (Å²) in [7, 11) is 0. The number of imidazole rings is 1. The average molecular weight is 316 g/mol. The lowest BCUT2D eigenvalue weighted by Gasteiger charge is -2.07. The molecule has 2 aromatic heterocycles. The van der Waals surface area contributed by atoms with E-state index in [0.717, 1.165) is 25.0 Å². The topological polar surface area (TPSA) is 80.9 Å². The van der Waals surface area contributed by atoms with Gasteiger partial charge in [0.1, 0.15) is 5.82 Å². The van der Waals surface area contributed by atoms with Gasteiger partial charge in [0.05, 0.1) is 17.2 Å². The molecular formula is C15H10F2N4O2. The third-order valence-electron chi connectivity index (χ3n) is 3.78. The van der Waals surface area contributed by atoms with Crippen molar-refractivity contribution in [2.45, 2.75) is 18.9 Å². The van der Waals surface area contributed by atoms with Gasteiger partial charge < -0.3 is 9.67 Å². The van der Waals surface area contributed by atoms with Crippen LogP contribution in [0.4, 0.5) is 8.78 Å². The molecule has 1 aliphatic carbocycles. The Morgan fingerprint density at radius 3 is 2.65 bits per heavy atom. The summed E-state index contributed by atoms with van der Waals surface area (Å²) in [5.41, 5.74) is 1.03. The van der Waals surface area contributed by atoms with Crippen LogP contribution in [0, 0.1) is 11.6 Å². The van der Waals surface area contributed by atoms with Crippen molar-refractivity contribution in [2.24, 2.45) is 0 Å². The van der Waals surface area contributed by atoms with Crippen molar-refractivity contribution in [1.29, 1.82) is 0 Å². The number of rotatable bonds is 3. The van der Waals surface area contributed by atoms with Gasteiger partial charge in [-0.2, -0.15) is 5.10 Å². The Morgan fingerprint density at radius 1 is 1.22 bits per heavy atom. The predicted octanol–water partition coefficient (Wildman–Crippen LogP) is 2.80. The van der Waals surface area contributed by atoms with Crippen LogP contribution < -0.4 is 0 Å². The fourth-order valence-electron chi connectivity index (χ4n) is 2.59. The van der Waals surface area contributed by atoms with Crippen LogP contribution in [0.1, 0.15) is 29.4 Å². The van der Waals surface area contributed by atoms with Crippen molar-refractivity contribution in [3.05, 3.63) is 41.7 Å². The van der Waals surface area contributed by atoms with Crippen LogP contribution in [0.2, 0.25) is 0 Å². The van der Waals surface area contributed by atoms with E-state index in [-0.39, 0.29) is 11.7 Å². The summed E-state index contributed by atoms with van der Waals surface area (Å²) in [6.07, 6.45) is 3.20. The summed E-state index contributed by atoms with van der Waals surface area (Å²) >= 11 is 0. The molecule has 4 rings (SSSR count). The fraction of sp³-hybridized carbons (Fsp3) is 0.200. The van der Waals surface area contributed by atoms with Crippen LogP contribution in [-0.2, 0) is 0 Å². The zero-order valence-corrected chi connectivity index (χ0v) is 11.7. The summed E-state index contributed by atoms with van der Waals surface area (Å²) in [4.78, 5) is 15.4. The quantitative estimate of drug-likeness (QED) is 0.803. The Hall–Kier alpha value is -2.90. The van der Waals surface area contributed by atoms with Crippen LogP contribution in [0.15, 0.2) is 24.4 Å². The normalized spacial score (nSPS) is 14.3. The van der Waals surface area contributed by atoms with Crippen molar-refractivity contribution >= 4 is 17.0 Å². The molecule has 0 atom stereocenters. The van der Waals surface area contributed by atoms with Gasteiger partial charge in [0.25, 0.3) is 0 Å². The third kappa shape index (κ3) is 2.23. The van der Waals surface area contributed by atoms with Crippen molar-refractivity contribution < 1.29 is 18.7 Å². The van der Waals surface area contributed by atoms with E-state index < -0.39 is 17.6 Å². The molecule has 6 nitrogen and oxygen atoms in total. The van der Waals surface area contributed by atoms with Crippen molar-refractivity contribution in [1.82, 2.24) is 19.7 Å². The maximum Gasteiger partial charge on any atom is 0.356 e. The second-order valence-electron chi connectivity index (χ2n) is 5.43. The highest BCUT2D eigenvalue weighted by Crippen LogP contribution is 2.41. The molecule has 23 heavy (non-hydrogen) atoms. The van der Waals surface area contributed by atoms with Crippen molar-refractivity contribution in [3.8, 4) is 11.4 Å². The summed E-state index contributed by atoms with van der Waals surface area (Å²) in [6, 6.07) is 3.65. The summed E-state index contributed by atoms with van der Waals surface area (Å²) in [6.45, 7) is 0. The molecule has 3 aromatic rings. The Labute approximate surface area is 128 Å². The number of aromatic nitrogens is 4. The summed E-state index contributed by atoms with van der Waals surface area (Å²) in [5.74, 6) is -2.68. The Kier molecular flexibility index (Phi) is 2.87. The van der Waals surface area contributed by atoms with Gasteiger partial charge in [-0.05, 0) is 18.9 Å². The lowest BCUT2D eigenvalue weighted by Crippen LogP contribution is -2.04. The number of hydrogen-bond donors (Lipinski definition) is 1. The minimum atomic E-state index is -1.20. The first kappa shape index (κ1) is 13.7. The van der Waals surface area contributed by atoms with E-state index >= 15 is 0 Å². The largest absolute Gasteiger partial charge is 0.476 e. The number of nitrogens with zero attached hydrogens (tertiary/aromatic N) is 4. The van der Waals surface area contributed by atoms with Gasteiger partial charge in [-0.15, -0.1) is 5.10 Å². The number of hydrogen-bond acceptors (Lipinski definition) is 4. The zero-order valence-electron chi connectivity index (χ0n) is 11.7. The molecule has 1 aliphatic rings. The van der Waals surface area contributed by atoms with Gasteiger partial charge in [-0.1, -0.05) is 0 Å². The van der Waals surface area contributed by atoms with Crippen LogP contribution in [0.5, 0.6) is 0 Å². The standard InChI is InChI=1S/C15H10F2N4O2/c16-9-4-11-13(5-10(9)17)21(8-1-2-8)14(19-11)7-3-12(15(22)23)20-18-6-7/h3-6,8H,1-2H2,(H,22,23). The van der Waals surface area contributed by atoms with Gasteiger partial charge in [0, 0.05) is 23.7 Å². The monoisotopic (exact) mass is 316 g/mol. The molecule has 0 saturated heterocycles. The minimum Gasteiger partial charge on any atom is -0.476 e. The zero-order chi connectivity index (χ0) is 16.1. The summed E-state index contributed by atoms with van der Waals surface area (Å²) < 4.78 is 28.8. The number of benzene rings is 1. The minimum absolute atomic E-state index is 0.140. The van der Waals surface area contributed by atoms with Crippen molar-refractivity contribution in [3.63, 3.8) is 0 Å². The second kappa shape index (κ2) is 4.80. The molecule has 1 aromatic carbocycles. The number of fused-ring (bicyclic) bond motifs is 1. The first-order valence-corrected chi connectivity index (χ1v) is 6.98. The smallest absolute Gasteiger partial charge is 0.356 e. The Morgan fingerprint density at radius 2 is 1.96 bits per heavy atom. The average Bonchev–Trinajstić information content (AvgIpc) is 3.30. The van der Waals surface area contributed by atoms with Crippen LogP contribution in [-0.4, -0.2) is 30.8 Å². The van der Waals surface area contributed by atoms with Gasteiger partial charge >= 0.3 is 5.97 Å². The number of carbonyl (C=O) groups is 1. The first-order chi connectivity index (χ1) is 11.0. The molecule has 0 amide bonds. The van der Waals surface area contributed by atoms with Crippen molar-refractivity contribution in [2.75, 3.05) is 0 Å².